The number of aliphatic hydroxyl groups excluding tert-OH is 3. The first-order valence-corrected chi connectivity index (χ1v) is 9.01. The molecule has 0 radical (unpaired) electrons. The number of carboxylic acids is 2. The van der Waals surface area contributed by atoms with Gasteiger partial charge in [-0.25, -0.2) is 15.0 Å². The zero-order valence-corrected chi connectivity index (χ0v) is 15.6. The van der Waals surface area contributed by atoms with Gasteiger partial charge in [-0.3, -0.25) is 19.1 Å². The molecule has 5 atom stereocenters. The van der Waals surface area contributed by atoms with Crippen LogP contribution in [0.15, 0.2) is 12.7 Å². The van der Waals surface area contributed by atoms with E-state index in [9.17, 15) is 24.9 Å². The number of aliphatic hydroxyl groups is 3. The monoisotopic (exact) mass is 426 g/mol. The third-order valence-corrected chi connectivity index (χ3v) is 4.83. The van der Waals surface area contributed by atoms with Crippen molar-refractivity contribution in [3.05, 3.63) is 12.7 Å². The number of aromatic nitrogens is 4. The summed E-state index contributed by atoms with van der Waals surface area (Å²) in [6, 6.07) is 0. The Bertz CT molecular complexity index is 904. The van der Waals surface area contributed by atoms with E-state index >= 15 is 0 Å². The maximum atomic E-state index is 10.9. The lowest BCUT2D eigenvalue weighted by Crippen LogP contribution is -2.50. The number of anilines is 1. The Morgan fingerprint density at radius 1 is 1.13 bits per heavy atom. The summed E-state index contributed by atoms with van der Waals surface area (Å²) in [5, 5.41) is 49.4. The van der Waals surface area contributed by atoms with Gasteiger partial charge in [0.1, 0.15) is 36.4 Å². The van der Waals surface area contributed by atoms with Crippen LogP contribution >= 0.6 is 0 Å². The molecule has 0 aliphatic carbocycles. The molecule has 7 N–H and O–H groups in total. The SMILES string of the molecule is Nc1ncnc2c1ncn2[C@@H]1O[C@H](C(O)N(CCC(=O)O)CCC(=O)O)[C@@H](O)[C@H]1O. The van der Waals surface area contributed by atoms with Gasteiger partial charge in [-0.2, -0.15) is 0 Å². The van der Waals surface area contributed by atoms with Gasteiger partial charge in [0.05, 0.1) is 19.2 Å². The van der Waals surface area contributed by atoms with E-state index in [4.69, 9.17) is 20.7 Å². The van der Waals surface area contributed by atoms with Gasteiger partial charge in [0.2, 0.25) is 0 Å². The number of rotatable bonds is 9. The Morgan fingerprint density at radius 2 is 1.77 bits per heavy atom. The van der Waals surface area contributed by atoms with Crippen LogP contribution < -0.4 is 5.73 Å². The van der Waals surface area contributed by atoms with E-state index in [1.54, 1.807) is 0 Å². The number of hydrogen-bond donors (Lipinski definition) is 6. The number of ether oxygens (including phenoxy) is 1. The zero-order valence-electron chi connectivity index (χ0n) is 15.6. The molecular weight excluding hydrogens is 404 g/mol. The molecule has 30 heavy (non-hydrogen) atoms. The minimum Gasteiger partial charge on any atom is -0.481 e. The fourth-order valence-electron chi connectivity index (χ4n) is 3.28. The lowest BCUT2D eigenvalue weighted by Gasteiger charge is -2.31. The number of fused-ring (bicyclic) bond motifs is 1. The van der Waals surface area contributed by atoms with Crippen molar-refractivity contribution < 1.29 is 39.9 Å². The number of nitrogens with two attached hydrogens (primary N) is 1. The summed E-state index contributed by atoms with van der Waals surface area (Å²) >= 11 is 0. The molecule has 164 valence electrons. The minimum atomic E-state index is -1.58. The van der Waals surface area contributed by atoms with Gasteiger partial charge in [-0.15, -0.1) is 0 Å². The first-order chi connectivity index (χ1) is 14.2. The molecule has 1 aliphatic rings. The summed E-state index contributed by atoms with van der Waals surface area (Å²) < 4.78 is 7.00. The second kappa shape index (κ2) is 8.85. The van der Waals surface area contributed by atoms with Gasteiger partial charge in [-0.1, -0.05) is 0 Å². The number of aliphatic carboxylic acids is 2. The standard InChI is InChI=1S/C16H22N6O8/c17-13-9-14(19-5-18-13)22(6-20-9)16-11(28)10(27)12(30-16)15(29)21(3-1-7(23)24)4-2-8(25)26/h5-6,10-12,15-16,27-29H,1-4H2,(H,23,24)(H,25,26)(H2,17,18,19)/t10-,11+,12-,15?,16+/m0/s1. The highest BCUT2D eigenvalue weighted by Gasteiger charge is 2.48. The van der Waals surface area contributed by atoms with Crippen LogP contribution in [0.4, 0.5) is 5.82 Å². The van der Waals surface area contributed by atoms with Gasteiger partial charge in [0.25, 0.3) is 0 Å². The largest absolute Gasteiger partial charge is 0.481 e. The summed E-state index contributed by atoms with van der Waals surface area (Å²) in [5.74, 6) is -2.18. The number of imidazole rings is 1. The zero-order chi connectivity index (χ0) is 22.0. The second-order valence-electron chi connectivity index (χ2n) is 6.79. The van der Waals surface area contributed by atoms with Crippen LogP contribution in [0, 0.1) is 0 Å². The van der Waals surface area contributed by atoms with Gasteiger partial charge in [0.15, 0.2) is 17.7 Å². The average Bonchev–Trinajstić information content (AvgIpc) is 3.24. The Kier molecular flexibility index (Phi) is 6.42. The van der Waals surface area contributed by atoms with Crippen molar-refractivity contribution in [3.63, 3.8) is 0 Å². The average molecular weight is 426 g/mol. The number of carboxylic acid groups (broad SMARTS) is 2. The van der Waals surface area contributed by atoms with Crippen molar-refractivity contribution in [1.82, 2.24) is 24.4 Å². The van der Waals surface area contributed by atoms with Crippen LogP contribution in [0.3, 0.4) is 0 Å². The summed E-state index contributed by atoms with van der Waals surface area (Å²) in [4.78, 5) is 34.8. The number of carbonyl (C=O) groups is 2. The Morgan fingerprint density at radius 3 is 2.37 bits per heavy atom. The molecular formula is C16H22N6O8. The Balaban J connectivity index is 1.81. The molecule has 14 nitrogen and oxygen atoms in total. The van der Waals surface area contributed by atoms with Gasteiger partial charge >= 0.3 is 11.9 Å². The fraction of sp³-hybridized carbons (Fsp3) is 0.562. The molecule has 0 saturated carbocycles. The summed E-state index contributed by atoms with van der Waals surface area (Å²) in [6.07, 6.45) is -5.41. The second-order valence-corrected chi connectivity index (χ2v) is 6.79. The molecule has 2 aromatic rings. The van der Waals surface area contributed by atoms with Crippen LogP contribution in [-0.2, 0) is 14.3 Å². The lowest BCUT2D eigenvalue weighted by molar-refractivity contribution is -0.149. The lowest BCUT2D eigenvalue weighted by atomic mass is 10.1. The summed E-state index contributed by atoms with van der Waals surface area (Å²) in [5.41, 5.74) is 6.24. The van der Waals surface area contributed by atoms with Crippen molar-refractivity contribution in [2.75, 3.05) is 18.8 Å². The summed E-state index contributed by atoms with van der Waals surface area (Å²) in [6.45, 7) is -0.371. The minimum absolute atomic E-state index is 0.108. The third kappa shape index (κ3) is 4.31. The van der Waals surface area contributed by atoms with E-state index in [0.29, 0.717) is 0 Å². The molecule has 1 fully saturated rings. The maximum Gasteiger partial charge on any atom is 0.304 e. The van der Waals surface area contributed by atoms with E-state index in [2.05, 4.69) is 15.0 Å². The Hall–Kier alpha value is -2.91. The van der Waals surface area contributed by atoms with Crippen molar-refractivity contribution in [2.45, 2.75) is 43.6 Å². The van der Waals surface area contributed by atoms with E-state index in [-0.39, 0.29) is 42.9 Å². The molecule has 0 spiro atoms. The Labute approximate surface area is 169 Å². The van der Waals surface area contributed by atoms with E-state index in [1.807, 2.05) is 0 Å². The quantitative estimate of drug-likeness (QED) is 0.231. The normalized spacial score (nSPS) is 25.1. The molecule has 1 saturated heterocycles. The van der Waals surface area contributed by atoms with Gasteiger partial charge in [-0.05, 0) is 0 Å². The highest BCUT2D eigenvalue weighted by molar-refractivity contribution is 5.81. The first-order valence-electron chi connectivity index (χ1n) is 9.01. The van der Waals surface area contributed by atoms with Crippen molar-refractivity contribution >= 4 is 28.9 Å². The number of nitrogens with zero attached hydrogens (tertiary/aromatic N) is 5. The third-order valence-electron chi connectivity index (χ3n) is 4.83. The molecule has 3 heterocycles. The molecule has 1 unspecified atom stereocenters. The van der Waals surface area contributed by atoms with Crippen molar-refractivity contribution in [3.8, 4) is 0 Å². The molecule has 0 bridgehead atoms. The highest BCUT2D eigenvalue weighted by Crippen LogP contribution is 2.34. The molecule has 3 rings (SSSR count). The topological polar surface area (TPSA) is 217 Å². The van der Waals surface area contributed by atoms with E-state index in [0.717, 1.165) is 4.90 Å². The van der Waals surface area contributed by atoms with Gasteiger partial charge < -0.3 is 36.0 Å². The highest BCUT2D eigenvalue weighted by atomic mass is 16.6. The predicted molar refractivity (Wildman–Crippen MR) is 97.7 cm³/mol. The number of hydrogen-bond acceptors (Lipinski definition) is 11. The van der Waals surface area contributed by atoms with Crippen LogP contribution in [-0.4, -0.2) is 99.5 Å². The fourth-order valence-corrected chi connectivity index (χ4v) is 3.28. The van der Waals surface area contributed by atoms with Crippen molar-refractivity contribution in [2.24, 2.45) is 0 Å². The van der Waals surface area contributed by atoms with Crippen molar-refractivity contribution in [1.29, 1.82) is 0 Å². The number of nitrogen functional groups attached to an aromatic ring is 1. The first kappa shape index (κ1) is 21.8. The molecule has 14 heteroatoms. The van der Waals surface area contributed by atoms with Crippen LogP contribution in [0.25, 0.3) is 11.2 Å². The molecule has 0 aromatic carbocycles. The van der Waals surface area contributed by atoms with Crippen LogP contribution in [0.2, 0.25) is 0 Å². The smallest absolute Gasteiger partial charge is 0.304 e. The van der Waals surface area contributed by atoms with E-state index in [1.165, 1.54) is 17.2 Å². The van der Waals surface area contributed by atoms with Crippen LogP contribution in [0.1, 0.15) is 19.1 Å². The molecule has 0 amide bonds. The predicted octanol–water partition coefficient (Wildman–Crippen LogP) is -2.40. The van der Waals surface area contributed by atoms with E-state index < -0.39 is 42.7 Å². The van der Waals surface area contributed by atoms with Crippen LogP contribution in [0.5, 0.6) is 0 Å². The maximum absolute atomic E-state index is 10.9. The molecule has 1 aliphatic heterocycles. The summed E-state index contributed by atoms with van der Waals surface area (Å²) in [7, 11) is 0. The van der Waals surface area contributed by atoms with Gasteiger partial charge in [0, 0.05) is 13.1 Å². The molecule has 2 aromatic heterocycles.